The molecule has 0 unspecified atom stereocenters. The van der Waals surface area contributed by atoms with Crippen molar-refractivity contribution in [3.63, 3.8) is 0 Å². The van der Waals surface area contributed by atoms with Gasteiger partial charge in [0.15, 0.2) is 0 Å². The first-order chi connectivity index (χ1) is 7.34. The minimum Gasteiger partial charge on any atom is -0.385 e. The van der Waals surface area contributed by atoms with Gasteiger partial charge >= 0.3 is 0 Å². The van der Waals surface area contributed by atoms with Crippen molar-refractivity contribution in [1.82, 2.24) is 10.6 Å². The Morgan fingerprint density at radius 1 is 1.40 bits per heavy atom. The molecule has 1 rings (SSSR count). The van der Waals surface area contributed by atoms with Crippen LogP contribution in [0.15, 0.2) is 0 Å². The average Bonchev–Trinajstić information content (AvgIpc) is 2.30. The van der Waals surface area contributed by atoms with E-state index in [-0.39, 0.29) is 11.8 Å². The van der Waals surface area contributed by atoms with Crippen LogP contribution in [0.1, 0.15) is 25.7 Å². The highest BCUT2D eigenvalue weighted by atomic mass is 16.5. The number of piperidine rings is 1. The van der Waals surface area contributed by atoms with Gasteiger partial charge in [0.2, 0.25) is 5.91 Å². The quantitative estimate of drug-likeness (QED) is 0.634. The molecule has 4 heteroatoms. The third-order valence-corrected chi connectivity index (χ3v) is 2.78. The zero-order valence-corrected chi connectivity index (χ0v) is 9.55. The number of ether oxygens (including phenoxy) is 1. The van der Waals surface area contributed by atoms with Crippen molar-refractivity contribution in [2.45, 2.75) is 25.7 Å². The Morgan fingerprint density at radius 2 is 2.13 bits per heavy atom. The lowest BCUT2D eigenvalue weighted by Gasteiger charge is -2.21. The summed E-state index contributed by atoms with van der Waals surface area (Å²) in [4.78, 5) is 11.7. The van der Waals surface area contributed by atoms with Crippen molar-refractivity contribution in [3.8, 4) is 0 Å². The molecule has 0 aromatic heterocycles. The summed E-state index contributed by atoms with van der Waals surface area (Å²) in [6.45, 7) is 3.51. The molecule has 0 aromatic carbocycles. The number of hydrogen-bond donors (Lipinski definition) is 2. The predicted molar refractivity (Wildman–Crippen MR) is 59.7 cm³/mol. The SMILES string of the molecule is COCCCCNC(=O)C1CCNCC1. The first kappa shape index (κ1) is 12.5. The number of carbonyl (C=O) groups excluding carboxylic acids is 1. The van der Waals surface area contributed by atoms with E-state index in [9.17, 15) is 4.79 Å². The molecule has 0 aliphatic carbocycles. The highest BCUT2D eigenvalue weighted by Gasteiger charge is 2.19. The van der Waals surface area contributed by atoms with Gasteiger partial charge in [-0.25, -0.2) is 0 Å². The molecule has 0 atom stereocenters. The van der Waals surface area contributed by atoms with Gasteiger partial charge in [-0.1, -0.05) is 0 Å². The summed E-state index contributed by atoms with van der Waals surface area (Å²) in [6.07, 6.45) is 3.97. The van der Waals surface area contributed by atoms with Gasteiger partial charge in [-0.05, 0) is 38.8 Å². The van der Waals surface area contributed by atoms with Crippen molar-refractivity contribution < 1.29 is 9.53 Å². The summed E-state index contributed by atoms with van der Waals surface area (Å²) in [5, 5.41) is 6.25. The van der Waals surface area contributed by atoms with Crippen LogP contribution >= 0.6 is 0 Å². The number of hydrogen-bond acceptors (Lipinski definition) is 3. The molecule has 2 N–H and O–H groups in total. The fraction of sp³-hybridized carbons (Fsp3) is 0.909. The van der Waals surface area contributed by atoms with Gasteiger partial charge in [-0.2, -0.15) is 0 Å². The maximum Gasteiger partial charge on any atom is 0.223 e. The average molecular weight is 214 g/mol. The van der Waals surface area contributed by atoms with Crippen molar-refractivity contribution in [2.24, 2.45) is 5.92 Å². The first-order valence-electron chi connectivity index (χ1n) is 5.82. The van der Waals surface area contributed by atoms with E-state index in [0.717, 1.165) is 51.9 Å². The molecule has 0 saturated carbocycles. The van der Waals surface area contributed by atoms with Gasteiger partial charge in [0.1, 0.15) is 0 Å². The van der Waals surface area contributed by atoms with Gasteiger partial charge in [-0.15, -0.1) is 0 Å². The highest BCUT2D eigenvalue weighted by molar-refractivity contribution is 5.78. The minimum atomic E-state index is 0.230. The zero-order valence-electron chi connectivity index (χ0n) is 9.55. The van der Waals surface area contributed by atoms with E-state index in [1.54, 1.807) is 7.11 Å². The lowest BCUT2D eigenvalue weighted by Crippen LogP contribution is -2.38. The Bertz CT molecular complexity index is 179. The maximum absolute atomic E-state index is 11.7. The second-order valence-electron chi connectivity index (χ2n) is 4.02. The molecule has 1 fully saturated rings. The summed E-state index contributed by atoms with van der Waals surface area (Å²) >= 11 is 0. The number of carbonyl (C=O) groups is 1. The van der Waals surface area contributed by atoms with Crippen LogP contribution in [0.4, 0.5) is 0 Å². The van der Waals surface area contributed by atoms with E-state index >= 15 is 0 Å². The normalized spacial score (nSPS) is 17.7. The Morgan fingerprint density at radius 3 is 2.80 bits per heavy atom. The second-order valence-corrected chi connectivity index (χ2v) is 4.02. The van der Waals surface area contributed by atoms with Gasteiger partial charge < -0.3 is 15.4 Å². The van der Waals surface area contributed by atoms with Crippen LogP contribution in [0.25, 0.3) is 0 Å². The van der Waals surface area contributed by atoms with Gasteiger partial charge in [0, 0.05) is 26.2 Å². The molecule has 0 radical (unpaired) electrons. The van der Waals surface area contributed by atoms with E-state index in [2.05, 4.69) is 10.6 Å². The maximum atomic E-state index is 11.7. The van der Waals surface area contributed by atoms with Crippen molar-refractivity contribution >= 4 is 5.91 Å². The molecule has 88 valence electrons. The third kappa shape index (κ3) is 5.14. The number of methoxy groups -OCH3 is 1. The van der Waals surface area contributed by atoms with Crippen LogP contribution in [-0.2, 0) is 9.53 Å². The van der Waals surface area contributed by atoms with Gasteiger partial charge in [0.05, 0.1) is 0 Å². The first-order valence-corrected chi connectivity index (χ1v) is 5.82. The fourth-order valence-corrected chi connectivity index (χ4v) is 1.81. The van der Waals surface area contributed by atoms with E-state index in [0.29, 0.717) is 0 Å². The molecule has 4 nitrogen and oxygen atoms in total. The minimum absolute atomic E-state index is 0.230. The van der Waals surface area contributed by atoms with Gasteiger partial charge in [-0.3, -0.25) is 4.79 Å². The Labute approximate surface area is 91.8 Å². The Kier molecular flexibility index (Phi) is 6.36. The standard InChI is InChI=1S/C11H22N2O2/c1-15-9-3-2-6-13-11(14)10-4-7-12-8-5-10/h10,12H,2-9H2,1H3,(H,13,14). The highest BCUT2D eigenvalue weighted by Crippen LogP contribution is 2.11. The third-order valence-electron chi connectivity index (χ3n) is 2.78. The van der Waals surface area contributed by atoms with Gasteiger partial charge in [0.25, 0.3) is 0 Å². The summed E-state index contributed by atoms with van der Waals surface area (Å²) in [7, 11) is 1.70. The molecule has 0 spiro atoms. The molecular weight excluding hydrogens is 192 g/mol. The topological polar surface area (TPSA) is 50.4 Å². The molecule has 1 amide bonds. The van der Waals surface area contributed by atoms with E-state index in [4.69, 9.17) is 4.74 Å². The van der Waals surface area contributed by atoms with Crippen molar-refractivity contribution in [1.29, 1.82) is 0 Å². The number of nitrogens with one attached hydrogen (secondary N) is 2. The predicted octanol–water partition coefficient (Wildman–Crippen LogP) is 0.529. The summed E-state index contributed by atoms with van der Waals surface area (Å²) in [5.41, 5.74) is 0. The van der Waals surface area contributed by atoms with E-state index in [1.807, 2.05) is 0 Å². The molecular formula is C11H22N2O2. The second kappa shape index (κ2) is 7.65. The zero-order chi connectivity index (χ0) is 10.9. The summed E-state index contributed by atoms with van der Waals surface area (Å²) in [5.74, 6) is 0.461. The lowest BCUT2D eigenvalue weighted by atomic mass is 9.97. The van der Waals surface area contributed by atoms with Crippen LogP contribution in [0.2, 0.25) is 0 Å². The largest absolute Gasteiger partial charge is 0.385 e. The molecule has 1 aliphatic heterocycles. The Balaban J connectivity index is 2.02. The van der Waals surface area contributed by atoms with Crippen LogP contribution < -0.4 is 10.6 Å². The smallest absolute Gasteiger partial charge is 0.223 e. The molecule has 1 aliphatic rings. The van der Waals surface area contributed by atoms with Crippen LogP contribution in [0.5, 0.6) is 0 Å². The Hall–Kier alpha value is -0.610. The van der Waals surface area contributed by atoms with Crippen LogP contribution in [0, 0.1) is 5.92 Å². The van der Waals surface area contributed by atoms with Crippen LogP contribution in [0.3, 0.4) is 0 Å². The van der Waals surface area contributed by atoms with Crippen molar-refractivity contribution in [2.75, 3.05) is 33.4 Å². The van der Waals surface area contributed by atoms with Crippen LogP contribution in [-0.4, -0.2) is 39.3 Å². The number of rotatable bonds is 6. The lowest BCUT2D eigenvalue weighted by molar-refractivity contribution is -0.125. The number of amides is 1. The van der Waals surface area contributed by atoms with E-state index in [1.165, 1.54) is 0 Å². The molecule has 0 aromatic rings. The molecule has 0 bridgehead atoms. The summed E-state index contributed by atoms with van der Waals surface area (Å²) in [6, 6.07) is 0. The van der Waals surface area contributed by atoms with Crippen molar-refractivity contribution in [3.05, 3.63) is 0 Å². The fourth-order valence-electron chi connectivity index (χ4n) is 1.81. The molecule has 15 heavy (non-hydrogen) atoms. The summed E-state index contributed by atoms with van der Waals surface area (Å²) < 4.78 is 4.94. The monoisotopic (exact) mass is 214 g/mol. The molecule has 1 heterocycles. The van der Waals surface area contributed by atoms with E-state index < -0.39 is 0 Å². The molecule has 1 saturated heterocycles. The number of unbranched alkanes of at least 4 members (excludes halogenated alkanes) is 1.